The van der Waals surface area contributed by atoms with Crippen LogP contribution >= 0.6 is 0 Å². The van der Waals surface area contributed by atoms with Gasteiger partial charge in [-0.25, -0.2) is 4.39 Å². The molecule has 16 heteroatoms. The van der Waals surface area contributed by atoms with E-state index in [1.165, 1.54) is 49.6 Å². The maximum Gasteiger partial charge on any atom is 0.418 e. The van der Waals surface area contributed by atoms with E-state index in [9.17, 15) is 41.8 Å². The van der Waals surface area contributed by atoms with E-state index in [1.807, 2.05) is 13.8 Å². The monoisotopic (exact) mass is 810 g/mol. The molecule has 4 aromatic rings. The number of carbonyl (C=O) groups excluding carboxylic acids is 4. The van der Waals surface area contributed by atoms with Crippen molar-refractivity contribution in [1.29, 1.82) is 0 Å². The first kappa shape index (κ1) is 43.6. The summed E-state index contributed by atoms with van der Waals surface area (Å²) in [7, 11) is 1.45. The Hall–Kier alpha value is -5.48. The summed E-state index contributed by atoms with van der Waals surface area (Å²) in [4.78, 5) is 57.3. The SMILES string of the molecule is CCC(C)[C@H](NC(=O)Cc1ccccc1F)C(=O)N[C@]1(C(O)N[C@H](C(=O)NNC(=O)c2cccc(OC)c2)C(C)CC)CCc2[nH]c3c(C(F)(F)F)cccc3c2C1. The Morgan fingerprint density at radius 2 is 1.60 bits per heavy atom. The third-order valence-electron chi connectivity index (χ3n) is 11.1. The van der Waals surface area contributed by atoms with Crippen LogP contribution in [0, 0.1) is 17.7 Å². The number of carbonyl (C=O) groups is 4. The van der Waals surface area contributed by atoms with Gasteiger partial charge in [-0.1, -0.05) is 76.9 Å². The summed E-state index contributed by atoms with van der Waals surface area (Å²) < 4.78 is 62.0. The molecule has 1 heterocycles. The molecule has 0 radical (unpaired) electrons. The molecular weight excluding hydrogens is 760 g/mol. The van der Waals surface area contributed by atoms with Crippen LogP contribution in [0.3, 0.4) is 0 Å². The summed E-state index contributed by atoms with van der Waals surface area (Å²) >= 11 is 0. The normalized spacial score (nSPS) is 17.9. The van der Waals surface area contributed by atoms with Crippen molar-refractivity contribution in [3.63, 3.8) is 0 Å². The first-order valence-electron chi connectivity index (χ1n) is 19.2. The van der Waals surface area contributed by atoms with Crippen LogP contribution in [0.2, 0.25) is 0 Å². The lowest BCUT2D eigenvalue weighted by atomic mass is 9.77. The minimum Gasteiger partial charge on any atom is -0.497 e. The number of fused-ring (bicyclic) bond motifs is 3. The number of ether oxygens (including phenoxy) is 1. The summed E-state index contributed by atoms with van der Waals surface area (Å²) in [6.07, 6.45) is -5.87. The number of aromatic nitrogens is 1. The minimum atomic E-state index is -4.66. The lowest BCUT2D eigenvalue weighted by Crippen LogP contribution is -2.69. The molecule has 5 rings (SSSR count). The van der Waals surface area contributed by atoms with Crippen molar-refractivity contribution in [2.24, 2.45) is 11.8 Å². The number of hydrogen-bond donors (Lipinski definition) is 7. The van der Waals surface area contributed by atoms with Crippen LogP contribution in [-0.4, -0.2) is 64.7 Å². The van der Waals surface area contributed by atoms with Crippen molar-refractivity contribution in [3.8, 4) is 5.75 Å². The summed E-state index contributed by atoms with van der Waals surface area (Å²) in [6, 6.07) is 13.5. The standard InChI is InChI=1S/C42H50F4N6O6/c1-6-23(3)34(48-33(53)21-25-12-8-9-17-31(25)43)38(55)50-41(19-18-32-29(22-41)28-15-11-16-30(36(28)47-32)42(44,45)46)40(57)49-35(24(4)7-2)39(56)52-51-37(54)26-13-10-14-27(20-26)58-5/h8-17,20,23-24,34-35,40,47,49,57H,6-7,18-19,21-22H2,1-5H3,(H,48,53)(H,50,55)(H,51,54)(H,52,56)/t23?,24?,34-,35-,40?,41+/m0/s1. The van der Waals surface area contributed by atoms with Gasteiger partial charge in [-0.15, -0.1) is 0 Å². The highest BCUT2D eigenvalue weighted by molar-refractivity contribution is 5.96. The van der Waals surface area contributed by atoms with E-state index in [4.69, 9.17) is 4.74 Å². The van der Waals surface area contributed by atoms with Gasteiger partial charge in [0.05, 0.1) is 36.2 Å². The zero-order chi connectivity index (χ0) is 42.4. The molecule has 7 N–H and O–H groups in total. The second kappa shape index (κ2) is 18.4. The number of aliphatic hydroxyl groups is 1. The van der Waals surface area contributed by atoms with E-state index < -0.39 is 76.9 Å². The van der Waals surface area contributed by atoms with Gasteiger partial charge in [-0.2, -0.15) is 13.2 Å². The highest BCUT2D eigenvalue weighted by atomic mass is 19.4. The van der Waals surface area contributed by atoms with Crippen LogP contribution in [0.25, 0.3) is 10.9 Å². The van der Waals surface area contributed by atoms with E-state index in [-0.39, 0.29) is 47.7 Å². The Balaban J connectivity index is 1.47. The largest absolute Gasteiger partial charge is 0.497 e. The summed E-state index contributed by atoms with van der Waals surface area (Å²) in [6.45, 7) is 7.14. The van der Waals surface area contributed by atoms with E-state index in [0.29, 0.717) is 29.8 Å². The van der Waals surface area contributed by atoms with E-state index in [1.54, 1.807) is 32.0 Å². The second-order valence-electron chi connectivity index (χ2n) is 14.9. The van der Waals surface area contributed by atoms with Gasteiger partial charge in [-0.3, -0.25) is 35.3 Å². The van der Waals surface area contributed by atoms with Crippen molar-refractivity contribution >= 4 is 34.5 Å². The molecule has 1 aliphatic carbocycles. The fraction of sp³-hybridized carbons (Fsp3) is 0.429. The number of aryl methyl sites for hydroxylation is 1. The van der Waals surface area contributed by atoms with Gasteiger partial charge in [-0.05, 0) is 66.1 Å². The van der Waals surface area contributed by atoms with Gasteiger partial charge in [0.1, 0.15) is 23.8 Å². The topological polar surface area (TPSA) is 174 Å². The number of halogens is 4. The van der Waals surface area contributed by atoms with Gasteiger partial charge in [0.25, 0.3) is 11.8 Å². The Kier molecular flexibility index (Phi) is 13.8. The summed E-state index contributed by atoms with van der Waals surface area (Å²) in [5, 5.41) is 21.1. The van der Waals surface area contributed by atoms with Crippen LogP contribution in [-0.2, 0) is 39.8 Å². The zero-order valence-electron chi connectivity index (χ0n) is 33.0. The van der Waals surface area contributed by atoms with Gasteiger partial charge in [0.15, 0.2) is 0 Å². The molecule has 0 fully saturated rings. The van der Waals surface area contributed by atoms with Crippen molar-refractivity contribution < 1.29 is 46.6 Å². The van der Waals surface area contributed by atoms with Gasteiger partial charge in [0.2, 0.25) is 11.8 Å². The fourth-order valence-corrected chi connectivity index (χ4v) is 7.30. The molecule has 0 spiro atoms. The molecule has 312 valence electrons. The van der Waals surface area contributed by atoms with Crippen molar-refractivity contribution in [2.45, 2.75) is 96.2 Å². The molecule has 12 nitrogen and oxygen atoms in total. The van der Waals surface area contributed by atoms with Gasteiger partial charge < -0.3 is 25.5 Å². The van der Waals surface area contributed by atoms with Gasteiger partial charge >= 0.3 is 6.18 Å². The smallest absolute Gasteiger partial charge is 0.418 e. The minimum absolute atomic E-state index is 0.00585. The molecule has 3 aromatic carbocycles. The number of aliphatic hydroxyl groups excluding tert-OH is 1. The molecule has 3 unspecified atom stereocenters. The quantitative estimate of drug-likeness (QED) is 0.0489. The number of hydrogen-bond acceptors (Lipinski definition) is 7. The van der Waals surface area contributed by atoms with Crippen LogP contribution < -0.4 is 31.5 Å². The second-order valence-corrected chi connectivity index (χ2v) is 14.9. The Morgan fingerprint density at radius 1 is 0.914 bits per heavy atom. The number of H-pyrrole nitrogens is 1. The van der Waals surface area contributed by atoms with E-state index in [2.05, 4.69) is 31.8 Å². The molecule has 58 heavy (non-hydrogen) atoms. The molecular formula is C42H50F4N6O6. The number of aromatic amines is 1. The number of methoxy groups -OCH3 is 1. The summed E-state index contributed by atoms with van der Waals surface area (Å²) in [5.74, 6) is -3.69. The molecule has 0 saturated heterocycles. The van der Waals surface area contributed by atoms with Crippen molar-refractivity contribution in [1.82, 2.24) is 31.8 Å². The van der Waals surface area contributed by atoms with Crippen molar-refractivity contribution in [3.05, 3.63) is 100 Å². The maximum atomic E-state index is 14.4. The molecule has 0 saturated carbocycles. The van der Waals surface area contributed by atoms with Gasteiger partial charge in [0, 0.05) is 23.1 Å². The van der Waals surface area contributed by atoms with E-state index >= 15 is 0 Å². The summed E-state index contributed by atoms with van der Waals surface area (Å²) in [5.41, 5.74) is 3.42. The average Bonchev–Trinajstić information content (AvgIpc) is 3.58. The number of amides is 4. The van der Waals surface area contributed by atoms with Crippen LogP contribution in [0.15, 0.2) is 66.7 Å². The number of para-hydroxylation sites is 1. The lowest BCUT2D eigenvalue weighted by Gasteiger charge is -2.44. The predicted molar refractivity (Wildman–Crippen MR) is 209 cm³/mol. The lowest BCUT2D eigenvalue weighted by molar-refractivity contribution is -0.136. The first-order chi connectivity index (χ1) is 27.5. The zero-order valence-corrected chi connectivity index (χ0v) is 33.0. The van der Waals surface area contributed by atoms with Crippen LogP contribution in [0.4, 0.5) is 17.6 Å². The Labute approximate surface area is 333 Å². The number of benzene rings is 3. The average molecular weight is 811 g/mol. The highest BCUT2D eigenvalue weighted by Gasteiger charge is 2.47. The van der Waals surface area contributed by atoms with Crippen LogP contribution in [0.5, 0.6) is 5.75 Å². The number of nitrogens with one attached hydrogen (secondary N) is 6. The van der Waals surface area contributed by atoms with Crippen LogP contribution in [0.1, 0.15) is 79.7 Å². The third-order valence-corrected chi connectivity index (χ3v) is 11.1. The molecule has 1 aromatic heterocycles. The third kappa shape index (κ3) is 9.79. The number of rotatable bonds is 15. The number of hydrazine groups is 1. The first-order valence-corrected chi connectivity index (χ1v) is 19.2. The predicted octanol–water partition coefficient (Wildman–Crippen LogP) is 5.24. The molecule has 6 atom stereocenters. The molecule has 1 aliphatic rings. The molecule has 0 bridgehead atoms. The Morgan fingerprint density at radius 3 is 2.28 bits per heavy atom. The molecule has 0 aliphatic heterocycles. The maximum absolute atomic E-state index is 14.4. The fourth-order valence-electron chi connectivity index (χ4n) is 7.30. The Bertz CT molecular complexity index is 2120. The molecule has 4 amide bonds. The van der Waals surface area contributed by atoms with Crippen molar-refractivity contribution in [2.75, 3.05) is 7.11 Å². The number of alkyl halides is 3. The van der Waals surface area contributed by atoms with E-state index in [0.717, 1.165) is 6.07 Å². The highest BCUT2D eigenvalue weighted by Crippen LogP contribution is 2.40.